The molecule has 5 nitrogen and oxygen atoms in total. The zero-order chi connectivity index (χ0) is 12.8. The summed E-state index contributed by atoms with van der Waals surface area (Å²) in [5.74, 6) is -0.364. The zero-order valence-corrected chi connectivity index (χ0v) is 10.7. The molecule has 1 N–H and O–H groups in total. The van der Waals surface area contributed by atoms with E-state index < -0.39 is 5.97 Å². The molecule has 0 aromatic heterocycles. The van der Waals surface area contributed by atoms with Crippen LogP contribution in [0.3, 0.4) is 0 Å². The lowest BCUT2D eigenvalue weighted by Crippen LogP contribution is -2.44. The number of aliphatic carboxylic acids is 1. The average Bonchev–Trinajstić information content (AvgIpc) is 2.74. The van der Waals surface area contributed by atoms with Gasteiger partial charge in [-0.05, 0) is 25.7 Å². The van der Waals surface area contributed by atoms with Crippen molar-refractivity contribution in [2.24, 2.45) is 5.92 Å². The third-order valence-corrected chi connectivity index (χ3v) is 3.23. The highest BCUT2D eigenvalue weighted by atomic mass is 16.4. The van der Waals surface area contributed by atoms with Crippen LogP contribution in [0, 0.1) is 5.92 Å². The molecule has 1 atom stereocenters. The molecular formula is C12H22N2O3. The molecular weight excluding hydrogens is 220 g/mol. The molecule has 0 aromatic rings. The Morgan fingerprint density at radius 1 is 1.41 bits per heavy atom. The number of carbonyl (C=O) groups is 2. The number of amides is 2. The number of likely N-dealkylation sites (tertiary alicyclic amines) is 1. The van der Waals surface area contributed by atoms with Crippen LogP contribution in [0.2, 0.25) is 0 Å². The summed E-state index contributed by atoms with van der Waals surface area (Å²) in [5, 5.41) is 8.73. The van der Waals surface area contributed by atoms with Gasteiger partial charge in [0.05, 0.1) is 0 Å². The number of urea groups is 1. The van der Waals surface area contributed by atoms with E-state index in [1.54, 1.807) is 11.8 Å². The first kappa shape index (κ1) is 13.8. The minimum absolute atomic E-state index is 0.131. The number of carboxylic acid groups (broad SMARTS) is 1. The number of nitrogens with zero attached hydrogens (tertiary/aromatic N) is 2. The Balaban J connectivity index is 2.49. The maximum atomic E-state index is 12.1. The quantitative estimate of drug-likeness (QED) is 0.797. The van der Waals surface area contributed by atoms with Gasteiger partial charge in [-0.2, -0.15) is 0 Å². The van der Waals surface area contributed by atoms with Crippen molar-refractivity contribution in [2.45, 2.75) is 33.1 Å². The fourth-order valence-electron chi connectivity index (χ4n) is 2.33. The van der Waals surface area contributed by atoms with Crippen LogP contribution >= 0.6 is 0 Å². The highest BCUT2D eigenvalue weighted by molar-refractivity contribution is 5.80. The van der Waals surface area contributed by atoms with Crippen molar-refractivity contribution in [2.75, 3.05) is 26.2 Å². The number of carboxylic acids is 1. The van der Waals surface area contributed by atoms with Gasteiger partial charge in [0.1, 0.15) is 6.54 Å². The van der Waals surface area contributed by atoms with Gasteiger partial charge in [-0.1, -0.05) is 13.3 Å². The van der Waals surface area contributed by atoms with Gasteiger partial charge in [-0.25, -0.2) is 4.79 Å². The number of hydrogen-bond acceptors (Lipinski definition) is 2. The van der Waals surface area contributed by atoms with Gasteiger partial charge in [-0.15, -0.1) is 0 Å². The van der Waals surface area contributed by atoms with E-state index in [2.05, 4.69) is 6.92 Å². The molecule has 1 aliphatic heterocycles. The summed E-state index contributed by atoms with van der Waals surface area (Å²) in [6.45, 7) is 5.74. The van der Waals surface area contributed by atoms with Crippen LogP contribution in [-0.2, 0) is 4.79 Å². The fourth-order valence-corrected chi connectivity index (χ4v) is 2.33. The third kappa shape index (κ3) is 3.91. The summed E-state index contributed by atoms with van der Waals surface area (Å²) < 4.78 is 0. The van der Waals surface area contributed by atoms with Gasteiger partial charge < -0.3 is 14.9 Å². The molecule has 1 aliphatic rings. The van der Waals surface area contributed by atoms with Crippen LogP contribution in [0.25, 0.3) is 0 Å². The topological polar surface area (TPSA) is 60.9 Å². The van der Waals surface area contributed by atoms with Gasteiger partial charge in [0.15, 0.2) is 0 Å². The summed E-state index contributed by atoms with van der Waals surface area (Å²) in [6.07, 6.45) is 3.33. The second-order valence-electron chi connectivity index (χ2n) is 4.58. The second-order valence-corrected chi connectivity index (χ2v) is 4.58. The normalized spacial score (nSPS) is 19.4. The molecule has 0 aromatic carbocycles. The molecule has 1 unspecified atom stereocenters. The Morgan fingerprint density at radius 3 is 2.65 bits per heavy atom. The summed E-state index contributed by atoms with van der Waals surface area (Å²) >= 11 is 0. The van der Waals surface area contributed by atoms with Crippen LogP contribution in [0.1, 0.15) is 33.1 Å². The number of carbonyl (C=O) groups excluding carboxylic acids is 1. The van der Waals surface area contributed by atoms with E-state index in [4.69, 9.17) is 5.11 Å². The number of likely N-dealkylation sites (N-methyl/N-ethyl adjacent to an activating group) is 1. The van der Waals surface area contributed by atoms with Gasteiger partial charge in [-0.3, -0.25) is 4.79 Å². The first-order valence-corrected chi connectivity index (χ1v) is 6.34. The van der Waals surface area contributed by atoms with E-state index >= 15 is 0 Å². The van der Waals surface area contributed by atoms with Crippen molar-refractivity contribution < 1.29 is 14.7 Å². The highest BCUT2D eigenvalue weighted by Crippen LogP contribution is 2.21. The average molecular weight is 242 g/mol. The molecule has 0 saturated carbocycles. The van der Waals surface area contributed by atoms with Crippen molar-refractivity contribution in [3.8, 4) is 0 Å². The van der Waals surface area contributed by atoms with E-state index in [-0.39, 0.29) is 12.6 Å². The molecule has 5 heteroatoms. The first-order valence-electron chi connectivity index (χ1n) is 6.34. The van der Waals surface area contributed by atoms with Crippen molar-refractivity contribution in [3.63, 3.8) is 0 Å². The van der Waals surface area contributed by atoms with E-state index in [9.17, 15) is 9.59 Å². The second kappa shape index (κ2) is 6.47. The first-order chi connectivity index (χ1) is 8.08. The molecule has 1 rings (SSSR count). The Kier molecular flexibility index (Phi) is 5.25. The summed E-state index contributed by atoms with van der Waals surface area (Å²) in [7, 11) is 0. The SMILES string of the molecule is CCCC1CCN(C(=O)N(CC)CC(=O)O)C1. The van der Waals surface area contributed by atoms with Crippen molar-refractivity contribution in [1.29, 1.82) is 0 Å². The molecule has 1 fully saturated rings. The third-order valence-electron chi connectivity index (χ3n) is 3.23. The van der Waals surface area contributed by atoms with Crippen LogP contribution in [0.4, 0.5) is 4.79 Å². The fraction of sp³-hybridized carbons (Fsp3) is 0.833. The largest absolute Gasteiger partial charge is 0.480 e. The Hall–Kier alpha value is -1.26. The molecule has 2 amide bonds. The Labute approximate surface area is 102 Å². The smallest absolute Gasteiger partial charge is 0.323 e. The Bertz CT molecular complexity index is 281. The van der Waals surface area contributed by atoms with Crippen molar-refractivity contribution in [1.82, 2.24) is 9.80 Å². The summed E-state index contributed by atoms with van der Waals surface area (Å²) in [5.41, 5.74) is 0. The van der Waals surface area contributed by atoms with E-state index in [1.807, 2.05) is 0 Å². The molecule has 0 aliphatic carbocycles. The minimum Gasteiger partial charge on any atom is -0.480 e. The number of rotatable bonds is 5. The van der Waals surface area contributed by atoms with Crippen molar-refractivity contribution in [3.05, 3.63) is 0 Å². The monoisotopic (exact) mass is 242 g/mol. The molecule has 98 valence electrons. The molecule has 1 heterocycles. The lowest BCUT2D eigenvalue weighted by atomic mass is 10.0. The lowest BCUT2D eigenvalue weighted by Gasteiger charge is -2.25. The van der Waals surface area contributed by atoms with Gasteiger partial charge >= 0.3 is 12.0 Å². The molecule has 0 radical (unpaired) electrons. The molecule has 0 bridgehead atoms. The maximum absolute atomic E-state index is 12.1. The van der Waals surface area contributed by atoms with Gasteiger partial charge in [0, 0.05) is 19.6 Å². The highest BCUT2D eigenvalue weighted by Gasteiger charge is 2.28. The molecule has 17 heavy (non-hydrogen) atoms. The number of hydrogen-bond donors (Lipinski definition) is 1. The maximum Gasteiger partial charge on any atom is 0.323 e. The van der Waals surface area contributed by atoms with E-state index in [0.29, 0.717) is 12.5 Å². The van der Waals surface area contributed by atoms with E-state index in [0.717, 1.165) is 32.4 Å². The van der Waals surface area contributed by atoms with Crippen LogP contribution in [0.5, 0.6) is 0 Å². The van der Waals surface area contributed by atoms with Crippen LogP contribution in [0.15, 0.2) is 0 Å². The van der Waals surface area contributed by atoms with Crippen LogP contribution < -0.4 is 0 Å². The Morgan fingerprint density at radius 2 is 2.12 bits per heavy atom. The van der Waals surface area contributed by atoms with Gasteiger partial charge in [0.2, 0.25) is 0 Å². The van der Waals surface area contributed by atoms with Gasteiger partial charge in [0.25, 0.3) is 0 Å². The zero-order valence-electron chi connectivity index (χ0n) is 10.7. The summed E-state index contributed by atoms with van der Waals surface area (Å²) in [6, 6.07) is -0.131. The minimum atomic E-state index is -0.954. The van der Waals surface area contributed by atoms with Crippen molar-refractivity contribution >= 4 is 12.0 Å². The van der Waals surface area contributed by atoms with E-state index in [1.165, 1.54) is 4.90 Å². The standard InChI is InChI=1S/C12H22N2O3/c1-3-5-10-6-7-14(8-10)12(17)13(4-2)9-11(15)16/h10H,3-9H2,1-2H3,(H,15,16). The predicted octanol–water partition coefficient (Wildman–Crippen LogP) is 1.63. The lowest BCUT2D eigenvalue weighted by molar-refractivity contribution is -0.137. The summed E-state index contributed by atoms with van der Waals surface area (Å²) in [4.78, 5) is 25.9. The molecule has 0 spiro atoms. The predicted molar refractivity (Wildman–Crippen MR) is 64.9 cm³/mol. The molecule has 1 saturated heterocycles. The van der Waals surface area contributed by atoms with Crippen LogP contribution in [-0.4, -0.2) is 53.1 Å².